The summed E-state index contributed by atoms with van der Waals surface area (Å²) in [6.07, 6.45) is 0.671. The number of hydrogen-bond acceptors (Lipinski definition) is 5. The molecular formula is C17H15N3O4S. The zero-order valence-corrected chi connectivity index (χ0v) is 14.0. The van der Waals surface area contributed by atoms with Crippen molar-refractivity contribution in [2.45, 2.75) is 18.1 Å². The zero-order valence-electron chi connectivity index (χ0n) is 13.2. The molecule has 3 aromatic rings. The zero-order chi connectivity index (χ0) is 17.4. The van der Waals surface area contributed by atoms with Gasteiger partial charge in [0.25, 0.3) is 15.6 Å². The van der Waals surface area contributed by atoms with E-state index in [1.807, 2.05) is 24.3 Å². The van der Waals surface area contributed by atoms with E-state index in [1.54, 1.807) is 0 Å². The number of nitrogens with one attached hydrogen (secondary N) is 1. The number of aromatic amines is 1. The molecule has 25 heavy (non-hydrogen) atoms. The summed E-state index contributed by atoms with van der Waals surface area (Å²) >= 11 is 0. The van der Waals surface area contributed by atoms with Gasteiger partial charge in [-0.3, -0.25) is 4.79 Å². The van der Waals surface area contributed by atoms with E-state index in [9.17, 15) is 13.2 Å². The molecule has 0 fully saturated rings. The number of fused-ring (bicyclic) bond motifs is 1. The van der Waals surface area contributed by atoms with Gasteiger partial charge in [0.1, 0.15) is 5.69 Å². The highest BCUT2D eigenvalue weighted by Crippen LogP contribution is 2.28. The standard InChI is InChI=1S/C17H15N3O4S/c21-16-7-5-14(18-19-16)15-6-8-17(24-15)25(22,23)20-10-9-12-3-1-2-4-13(12)11-20/h1-8H,9-11H2,(H,19,21). The first kappa shape index (κ1) is 15.8. The molecule has 7 nitrogen and oxygen atoms in total. The van der Waals surface area contributed by atoms with Gasteiger partial charge in [0.05, 0.1) is 0 Å². The Kier molecular flexibility index (Phi) is 3.78. The van der Waals surface area contributed by atoms with Crippen LogP contribution in [0.3, 0.4) is 0 Å². The number of rotatable bonds is 3. The fourth-order valence-electron chi connectivity index (χ4n) is 2.88. The Labute approximate surface area is 144 Å². The Balaban J connectivity index is 1.63. The maximum Gasteiger partial charge on any atom is 0.276 e. The van der Waals surface area contributed by atoms with Crippen molar-refractivity contribution in [2.75, 3.05) is 6.54 Å². The van der Waals surface area contributed by atoms with Crippen LogP contribution in [0.15, 0.2) is 62.8 Å². The number of hydrogen-bond donors (Lipinski definition) is 1. The van der Waals surface area contributed by atoms with Crippen molar-refractivity contribution in [2.24, 2.45) is 0 Å². The molecule has 4 rings (SSSR count). The fourth-order valence-corrected chi connectivity index (χ4v) is 4.21. The minimum Gasteiger partial charge on any atom is -0.442 e. The predicted octanol–water partition coefficient (Wildman–Crippen LogP) is 1.78. The topological polar surface area (TPSA) is 96.3 Å². The van der Waals surface area contributed by atoms with Crippen molar-refractivity contribution in [1.29, 1.82) is 0 Å². The third-order valence-electron chi connectivity index (χ3n) is 4.20. The molecule has 8 heteroatoms. The van der Waals surface area contributed by atoms with Crippen LogP contribution in [0.5, 0.6) is 0 Å². The van der Waals surface area contributed by atoms with Crippen LogP contribution in [0.4, 0.5) is 0 Å². The summed E-state index contributed by atoms with van der Waals surface area (Å²) in [5, 5.41) is 6.01. The molecule has 0 bridgehead atoms. The lowest BCUT2D eigenvalue weighted by atomic mass is 10.0. The fraction of sp³-hybridized carbons (Fsp3) is 0.176. The summed E-state index contributed by atoms with van der Waals surface area (Å²) in [5.74, 6) is 0.284. The van der Waals surface area contributed by atoms with E-state index < -0.39 is 10.0 Å². The second-order valence-corrected chi connectivity index (χ2v) is 7.65. The predicted molar refractivity (Wildman–Crippen MR) is 90.3 cm³/mol. The maximum absolute atomic E-state index is 12.8. The quantitative estimate of drug-likeness (QED) is 0.771. The van der Waals surface area contributed by atoms with E-state index in [0.717, 1.165) is 5.56 Å². The van der Waals surface area contributed by atoms with Gasteiger partial charge in [0.2, 0.25) is 5.09 Å². The number of furan rings is 1. The molecule has 3 heterocycles. The van der Waals surface area contributed by atoms with Gasteiger partial charge in [-0.05, 0) is 35.7 Å². The molecule has 2 aromatic heterocycles. The Morgan fingerprint density at radius 3 is 2.60 bits per heavy atom. The van der Waals surface area contributed by atoms with Crippen LogP contribution in [0, 0.1) is 0 Å². The summed E-state index contributed by atoms with van der Waals surface area (Å²) in [6, 6.07) is 13.6. The van der Waals surface area contributed by atoms with Crippen LogP contribution < -0.4 is 5.56 Å². The molecule has 0 radical (unpaired) electrons. The van der Waals surface area contributed by atoms with Crippen molar-refractivity contribution in [1.82, 2.24) is 14.5 Å². The van der Waals surface area contributed by atoms with E-state index in [-0.39, 0.29) is 16.4 Å². The molecule has 1 aliphatic heterocycles. The first-order valence-electron chi connectivity index (χ1n) is 7.77. The monoisotopic (exact) mass is 357 g/mol. The molecule has 0 saturated carbocycles. The number of H-pyrrole nitrogens is 1. The summed E-state index contributed by atoms with van der Waals surface area (Å²) in [6.45, 7) is 0.734. The molecule has 0 spiro atoms. The Morgan fingerprint density at radius 2 is 1.84 bits per heavy atom. The van der Waals surface area contributed by atoms with Crippen molar-refractivity contribution >= 4 is 10.0 Å². The van der Waals surface area contributed by atoms with E-state index in [4.69, 9.17) is 4.42 Å². The van der Waals surface area contributed by atoms with E-state index in [1.165, 1.54) is 34.1 Å². The minimum absolute atomic E-state index is 0.130. The third-order valence-corrected chi connectivity index (χ3v) is 5.92. The molecule has 0 aliphatic carbocycles. The Hall–Kier alpha value is -2.71. The van der Waals surface area contributed by atoms with Gasteiger partial charge in [-0.2, -0.15) is 9.40 Å². The SMILES string of the molecule is O=c1ccc(-c2ccc(S(=O)(=O)N3CCc4ccccc4C3)o2)n[nH]1. The third kappa shape index (κ3) is 2.90. The van der Waals surface area contributed by atoms with Crippen LogP contribution in [-0.4, -0.2) is 29.5 Å². The highest BCUT2D eigenvalue weighted by atomic mass is 32.2. The summed E-state index contributed by atoms with van der Waals surface area (Å²) < 4.78 is 32.6. The van der Waals surface area contributed by atoms with Crippen molar-refractivity contribution in [3.05, 3.63) is 70.0 Å². The average molecular weight is 357 g/mol. The van der Waals surface area contributed by atoms with Gasteiger partial charge < -0.3 is 4.42 Å². The van der Waals surface area contributed by atoms with Gasteiger partial charge >= 0.3 is 0 Å². The minimum atomic E-state index is -3.73. The number of nitrogens with zero attached hydrogens (tertiary/aromatic N) is 2. The van der Waals surface area contributed by atoms with Gasteiger partial charge in [0, 0.05) is 19.2 Å². The molecule has 1 aromatic carbocycles. The normalized spacial score (nSPS) is 15.0. The second kappa shape index (κ2) is 5.98. The van der Waals surface area contributed by atoms with Gasteiger partial charge in [-0.1, -0.05) is 24.3 Å². The van der Waals surface area contributed by atoms with E-state index >= 15 is 0 Å². The first-order chi connectivity index (χ1) is 12.0. The van der Waals surface area contributed by atoms with Crippen LogP contribution >= 0.6 is 0 Å². The van der Waals surface area contributed by atoms with Gasteiger partial charge in [0.15, 0.2) is 5.76 Å². The molecule has 1 aliphatic rings. The Morgan fingerprint density at radius 1 is 1.04 bits per heavy atom. The molecule has 128 valence electrons. The summed E-state index contributed by atoms with van der Waals surface area (Å²) in [4.78, 5) is 11.1. The Bertz CT molecular complexity index is 1060. The average Bonchev–Trinajstić information content (AvgIpc) is 3.13. The second-order valence-electron chi connectivity index (χ2n) is 5.78. The largest absolute Gasteiger partial charge is 0.442 e. The summed E-state index contributed by atoms with van der Waals surface area (Å²) in [7, 11) is -3.73. The highest BCUT2D eigenvalue weighted by Gasteiger charge is 2.31. The lowest BCUT2D eigenvalue weighted by Crippen LogP contribution is -2.35. The molecule has 1 N–H and O–H groups in total. The number of benzene rings is 1. The van der Waals surface area contributed by atoms with Crippen molar-refractivity contribution in [3.63, 3.8) is 0 Å². The smallest absolute Gasteiger partial charge is 0.276 e. The highest BCUT2D eigenvalue weighted by molar-refractivity contribution is 7.89. The first-order valence-corrected chi connectivity index (χ1v) is 9.21. The van der Waals surface area contributed by atoms with Crippen molar-refractivity contribution in [3.8, 4) is 11.5 Å². The lowest BCUT2D eigenvalue weighted by molar-refractivity contribution is 0.367. The maximum atomic E-state index is 12.8. The molecule has 0 amide bonds. The van der Waals surface area contributed by atoms with Crippen molar-refractivity contribution < 1.29 is 12.8 Å². The lowest BCUT2D eigenvalue weighted by Gasteiger charge is -2.27. The van der Waals surface area contributed by atoms with Crippen LogP contribution in [0.2, 0.25) is 0 Å². The molecule has 0 atom stereocenters. The number of aromatic nitrogens is 2. The number of sulfonamides is 1. The molecule has 0 saturated heterocycles. The van der Waals surface area contributed by atoms with Crippen LogP contribution in [0.25, 0.3) is 11.5 Å². The van der Waals surface area contributed by atoms with Crippen LogP contribution in [-0.2, 0) is 23.0 Å². The molecular weight excluding hydrogens is 342 g/mol. The molecule has 0 unspecified atom stereocenters. The van der Waals surface area contributed by atoms with E-state index in [2.05, 4.69) is 10.2 Å². The van der Waals surface area contributed by atoms with Crippen LogP contribution in [0.1, 0.15) is 11.1 Å². The van der Waals surface area contributed by atoms with Gasteiger partial charge in [-0.15, -0.1) is 0 Å². The van der Waals surface area contributed by atoms with E-state index in [0.29, 0.717) is 25.2 Å². The summed E-state index contributed by atoms with van der Waals surface area (Å²) in [5.41, 5.74) is 2.21. The van der Waals surface area contributed by atoms with Gasteiger partial charge in [-0.25, -0.2) is 13.5 Å².